The number of amides is 1. The number of halogens is 1. The largest absolute Gasteiger partial charge is 0.449 e. The predicted molar refractivity (Wildman–Crippen MR) is 118 cm³/mol. The molecule has 0 radical (unpaired) electrons. The number of alkyl carbamates (subject to hydrolysis) is 1. The fourth-order valence-electron chi connectivity index (χ4n) is 4.06. The maximum atomic E-state index is 13.7. The number of benzene rings is 3. The van der Waals surface area contributed by atoms with Crippen LogP contribution >= 0.6 is 0 Å². The van der Waals surface area contributed by atoms with Gasteiger partial charge in [-0.25, -0.2) is 9.18 Å². The zero-order chi connectivity index (χ0) is 21.1. The van der Waals surface area contributed by atoms with E-state index in [1.807, 2.05) is 36.4 Å². The number of carbonyl (C=O) groups excluding carboxylic acids is 1. The molecule has 1 aliphatic carbocycles. The highest BCUT2D eigenvalue weighted by molar-refractivity contribution is 5.79. The van der Waals surface area contributed by atoms with Crippen LogP contribution in [0, 0.1) is 19.7 Å². The van der Waals surface area contributed by atoms with Crippen LogP contribution in [0.25, 0.3) is 17.2 Å². The second kappa shape index (κ2) is 8.54. The minimum Gasteiger partial charge on any atom is -0.449 e. The first kappa shape index (κ1) is 19.9. The summed E-state index contributed by atoms with van der Waals surface area (Å²) in [5.41, 5.74) is 6.91. The fraction of sp³-hybridized carbons (Fsp3) is 0.192. The highest BCUT2D eigenvalue weighted by atomic mass is 19.1. The van der Waals surface area contributed by atoms with Crippen molar-refractivity contribution in [2.24, 2.45) is 0 Å². The highest BCUT2D eigenvalue weighted by Crippen LogP contribution is 2.44. The number of aryl methyl sites for hydroxylation is 2. The Morgan fingerprint density at radius 2 is 1.57 bits per heavy atom. The van der Waals surface area contributed by atoms with E-state index in [9.17, 15) is 9.18 Å². The van der Waals surface area contributed by atoms with E-state index < -0.39 is 6.09 Å². The molecule has 1 amide bonds. The lowest BCUT2D eigenvalue weighted by Crippen LogP contribution is -2.26. The molecule has 0 aromatic heterocycles. The molecule has 0 aliphatic heterocycles. The average Bonchev–Trinajstić information content (AvgIpc) is 3.07. The van der Waals surface area contributed by atoms with Gasteiger partial charge in [-0.1, -0.05) is 60.7 Å². The van der Waals surface area contributed by atoms with Crippen molar-refractivity contribution in [2.45, 2.75) is 19.8 Å². The van der Waals surface area contributed by atoms with Crippen LogP contribution in [0.5, 0.6) is 0 Å². The Morgan fingerprint density at radius 1 is 1.00 bits per heavy atom. The van der Waals surface area contributed by atoms with Gasteiger partial charge in [-0.05, 0) is 64.9 Å². The zero-order valence-corrected chi connectivity index (χ0v) is 17.1. The molecule has 3 aromatic carbocycles. The molecule has 30 heavy (non-hydrogen) atoms. The molecule has 1 N–H and O–H groups in total. The second-order valence-corrected chi connectivity index (χ2v) is 7.58. The molecule has 0 spiro atoms. The van der Waals surface area contributed by atoms with Crippen molar-refractivity contribution in [2.75, 3.05) is 13.2 Å². The molecular formula is C26H24FNO2. The topological polar surface area (TPSA) is 38.3 Å². The van der Waals surface area contributed by atoms with Crippen LogP contribution in [0.15, 0.2) is 66.7 Å². The molecule has 0 heterocycles. The molecule has 0 unspecified atom stereocenters. The third-order valence-corrected chi connectivity index (χ3v) is 5.48. The Morgan fingerprint density at radius 3 is 2.17 bits per heavy atom. The molecule has 4 rings (SSSR count). The van der Waals surface area contributed by atoms with Crippen LogP contribution in [0.3, 0.4) is 0 Å². The lowest BCUT2D eigenvalue weighted by atomic mass is 9.98. The maximum absolute atomic E-state index is 13.7. The smallest absolute Gasteiger partial charge is 0.407 e. The molecule has 1 aliphatic rings. The number of carbonyl (C=O) groups is 1. The molecular weight excluding hydrogens is 377 g/mol. The summed E-state index contributed by atoms with van der Waals surface area (Å²) in [6.45, 7) is 4.12. The van der Waals surface area contributed by atoms with Gasteiger partial charge in [0.1, 0.15) is 12.4 Å². The Bertz CT molecular complexity index is 1050. The van der Waals surface area contributed by atoms with Gasteiger partial charge in [0.25, 0.3) is 0 Å². The van der Waals surface area contributed by atoms with E-state index in [2.05, 4.69) is 29.6 Å². The molecule has 3 aromatic rings. The molecule has 0 saturated heterocycles. The van der Waals surface area contributed by atoms with E-state index >= 15 is 0 Å². The molecule has 4 heteroatoms. The average molecular weight is 401 g/mol. The molecule has 0 fully saturated rings. The summed E-state index contributed by atoms with van der Waals surface area (Å²) in [6.07, 6.45) is 3.24. The maximum Gasteiger partial charge on any atom is 0.407 e. The van der Waals surface area contributed by atoms with Crippen LogP contribution in [0.1, 0.15) is 33.7 Å². The summed E-state index contributed by atoms with van der Waals surface area (Å²) in [6, 6.07) is 20.1. The first-order valence-electron chi connectivity index (χ1n) is 10.1. The third-order valence-electron chi connectivity index (χ3n) is 5.48. The van der Waals surface area contributed by atoms with Gasteiger partial charge in [-0.2, -0.15) is 0 Å². The van der Waals surface area contributed by atoms with Crippen molar-refractivity contribution < 1.29 is 13.9 Å². The van der Waals surface area contributed by atoms with Crippen molar-refractivity contribution in [1.82, 2.24) is 5.32 Å². The van der Waals surface area contributed by atoms with Crippen molar-refractivity contribution >= 4 is 12.2 Å². The third kappa shape index (κ3) is 3.99. The number of fused-ring (bicyclic) bond motifs is 3. The van der Waals surface area contributed by atoms with Gasteiger partial charge in [0.15, 0.2) is 0 Å². The van der Waals surface area contributed by atoms with Crippen LogP contribution in [-0.2, 0) is 4.74 Å². The van der Waals surface area contributed by atoms with E-state index in [0.29, 0.717) is 24.3 Å². The summed E-state index contributed by atoms with van der Waals surface area (Å²) < 4.78 is 19.2. The Kier molecular flexibility index (Phi) is 5.66. The van der Waals surface area contributed by atoms with Gasteiger partial charge in [0, 0.05) is 12.5 Å². The summed E-state index contributed by atoms with van der Waals surface area (Å²) in [5, 5.41) is 2.74. The number of rotatable bonds is 5. The van der Waals surface area contributed by atoms with E-state index in [1.165, 1.54) is 22.3 Å². The SMILES string of the molecule is Cc1cc(C=CCNC(=O)OCC2c3ccccc3-c3ccccc32)cc(C)c1F. The van der Waals surface area contributed by atoms with Gasteiger partial charge >= 0.3 is 6.09 Å². The van der Waals surface area contributed by atoms with Crippen LogP contribution in [-0.4, -0.2) is 19.2 Å². The second-order valence-electron chi connectivity index (χ2n) is 7.58. The standard InChI is InChI=1S/C26H24FNO2/c1-17-14-19(15-18(2)25(17)27)8-7-13-28-26(29)30-16-24-22-11-5-3-9-20(22)21-10-4-6-12-23(21)24/h3-12,14-15,24H,13,16H2,1-2H3,(H,28,29). The summed E-state index contributed by atoms with van der Waals surface area (Å²) in [7, 11) is 0. The minimum absolute atomic E-state index is 0.0452. The number of hydrogen-bond donors (Lipinski definition) is 1. The van der Waals surface area contributed by atoms with Gasteiger partial charge in [0.05, 0.1) is 0 Å². The van der Waals surface area contributed by atoms with Crippen molar-refractivity contribution in [1.29, 1.82) is 0 Å². The first-order valence-corrected chi connectivity index (χ1v) is 10.1. The normalized spacial score (nSPS) is 12.6. The van der Waals surface area contributed by atoms with Crippen molar-refractivity contribution in [3.8, 4) is 11.1 Å². The lowest BCUT2D eigenvalue weighted by Gasteiger charge is -2.14. The van der Waals surface area contributed by atoms with Gasteiger partial charge in [-0.15, -0.1) is 0 Å². The summed E-state index contributed by atoms with van der Waals surface area (Å²) in [4.78, 5) is 12.2. The molecule has 0 saturated carbocycles. The van der Waals surface area contributed by atoms with E-state index in [1.54, 1.807) is 26.0 Å². The molecule has 0 atom stereocenters. The van der Waals surface area contributed by atoms with E-state index in [4.69, 9.17) is 4.74 Å². The Labute approximate surface area is 176 Å². The van der Waals surface area contributed by atoms with Crippen molar-refractivity contribution in [3.05, 3.63) is 100 Å². The number of hydrogen-bond acceptors (Lipinski definition) is 2. The summed E-state index contributed by atoms with van der Waals surface area (Å²) in [5.74, 6) is -0.132. The quantitative estimate of drug-likeness (QED) is 0.570. The fourth-order valence-corrected chi connectivity index (χ4v) is 4.06. The molecule has 0 bridgehead atoms. The Hall–Kier alpha value is -3.40. The highest BCUT2D eigenvalue weighted by Gasteiger charge is 2.28. The van der Waals surface area contributed by atoms with Crippen LogP contribution < -0.4 is 5.32 Å². The Balaban J connectivity index is 1.34. The molecule has 152 valence electrons. The minimum atomic E-state index is -0.451. The summed E-state index contributed by atoms with van der Waals surface area (Å²) >= 11 is 0. The first-order chi connectivity index (χ1) is 14.5. The van der Waals surface area contributed by atoms with Gasteiger partial charge in [-0.3, -0.25) is 0 Å². The van der Waals surface area contributed by atoms with Crippen LogP contribution in [0.2, 0.25) is 0 Å². The van der Waals surface area contributed by atoms with Gasteiger partial charge < -0.3 is 10.1 Å². The van der Waals surface area contributed by atoms with E-state index in [0.717, 1.165) is 5.56 Å². The zero-order valence-electron chi connectivity index (χ0n) is 17.1. The molecule has 3 nitrogen and oxygen atoms in total. The van der Waals surface area contributed by atoms with Crippen molar-refractivity contribution in [3.63, 3.8) is 0 Å². The number of ether oxygens (including phenoxy) is 1. The monoisotopic (exact) mass is 401 g/mol. The number of nitrogens with one attached hydrogen (secondary N) is 1. The van der Waals surface area contributed by atoms with Crippen LogP contribution in [0.4, 0.5) is 9.18 Å². The van der Waals surface area contributed by atoms with E-state index in [-0.39, 0.29) is 11.7 Å². The lowest BCUT2D eigenvalue weighted by molar-refractivity contribution is 0.144. The predicted octanol–water partition coefficient (Wildman–Crippen LogP) is 5.99. The van der Waals surface area contributed by atoms with Gasteiger partial charge in [0.2, 0.25) is 0 Å².